The average Bonchev–Trinajstić information content (AvgIpc) is 3.02. The molecule has 4 atom stereocenters. The van der Waals surface area contributed by atoms with E-state index >= 15 is 0 Å². The molecule has 1 heterocycles. The molecule has 206 valence electrons. The maximum atomic E-state index is 14.9. The molecule has 0 aliphatic carbocycles. The molecular formula is C25H37F5O5Si. The Hall–Kier alpha value is -1.72. The van der Waals surface area contributed by atoms with Crippen molar-refractivity contribution in [1.29, 1.82) is 0 Å². The van der Waals surface area contributed by atoms with Crippen molar-refractivity contribution in [1.82, 2.24) is 0 Å². The molecule has 11 heteroatoms. The van der Waals surface area contributed by atoms with Gasteiger partial charge in [-0.2, -0.15) is 17.6 Å². The highest BCUT2D eigenvalue weighted by atomic mass is 28.4. The van der Waals surface area contributed by atoms with Gasteiger partial charge in [-0.1, -0.05) is 54.5 Å². The first kappa shape index (κ1) is 30.5. The zero-order chi connectivity index (χ0) is 27.8. The smallest absolute Gasteiger partial charge is 0.417 e. The lowest BCUT2D eigenvalue weighted by molar-refractivity contribution is -0.273. The first-order valence-corrected chi connectivity index (χ1v) is 14.3. The van der Waals surface area contributed by atoms with Crippen molar-refractivity contribution in [2.45, 2.75) is 95.8 Å². The standard InChI is InChI=1S/C25H37F5O5Si/c1-13(2)36(14(3)4,15(5)6)34-12-11-33-21-17(9-10-18(26)20(21)27)19-16(7)24(8,25(28,29)30)35-22(19)23(31)32/h9-10,13-16,19,22H,11-12H2,1-8H3,(H,31,32)/t16?,19?,22-,24?/m1/s1. The van der Waals surface area contributed by atoms with Gasteiger partial charge >= 0.3 is 12.1 Å². The molecule has 1 aliphatic rings. The number of alkyl halides is 3. The molecule has 0 radical (unpaired) electrons. The van der Waals surface area contributed by atoms with Crippen LogP contribution in [0.2, 0.25) is 16.6 Å². The lowest BCUT2D eigenvalue weighted by Crippen LogP contribution is -2.48. The summed E-state index contributed by atoms with van der Waals surface area (Å²) in [7, 11) is -2.28. The highest BCUT2D eigenvalue weighted by Crippen LogP contribution is 2.55. The molecule has 3 unspecified atom stereocenters. The Kier molecular flexibility index (Phi) is 9.27. The van der Waals surface area contributed by atoms with Gasteiger partial charge in [0.05, 0.1) is 6.61 Å². The molecule has 36 heavy (non-hydrogen) atoms. The average molecular weight is 541 g/mol. The molecule has 2 rings (SSSR count). The van der Waals surface area contributed by atoms with Crippen molar-refractivity contribution < 1.29 is 45.8 Å². The Labute approximate surface area is 210 Å². The van der Waals surface area contributed by atoms with Gasteiger partial charge in [-0.15, -0.1) is 0 Å². The second kappa shape index (κ2) is 10.9. The third-order valence-corrected chi connectivity index (χ3v) is 13.9. The van der Waals surface area contributed by atoms with Gasteiger partial charge in [0.1, 0.15) is 6.61 Å². The van der Waals surface area contributed by atoms with Gasteiger partial charge < -0.3 is 19.0 Å². The number of carboxylic acid groups (broad SMARTS) is 1. The van der Waals surface area contributed by atoms with Crippen LogP contribution >= 0.6 is 0 Å². The molecule has 0 saturated carbocycles. The third-order valence-electron chi connectivity index (χ3n) is 7.74. The van der Waals surface area contributed by atoms with Crippen LogP contribution in [0, 0.1) is 17.6 Å². The molecule has 1 fully saturated rings. The van der Waals surface area contributed by atoms with Gasteiger partial charge in [0, 0.05) is 17.4 Å². The normalized spacial score (nSPS) is 25.3. The predicted octanol–water partition coefficient (Wildman–Crippen LogP) is 7.06. The Morgan fingerprint density at radius 2 is 1.61 bits per heavy atom. The van der Waals surface area contributed by atoms with Gasteiger partial charge in [-0.05, 0) is 29.6 Å². The fraction of sp³-hybridized carbons (Fsp3) is 0.720. The third kappa shape index (κ3) is 5.29. The van der Waals surface area contributed by atoms with Crippen molar-refractivity contribution in [3.63, 3.8) is 0 Å². The molecule has 1 N–H and O–H groups in total. The summed E-state index contributed by atoms with van der Waals surface area (Å²) in [6.07, 6.45) is -6.82. The zero-order valence-electron chi connectivity index (χ0n) is 22.0. The van der Waals surface area contributed by atoms with E-state index in [2.05, 4.69) is 41.5 Å². The van der Waals surface area contributed by atoms with Crippen LogP contribution in [0.3, 0.4) is 0 Å². The van der Waals surface area contributed by atoms with E-state index in [9.17, 15) is 31.9 Å². The molecule has 1 aromatic carbocycles. The number of rotatable bonds is 10. The number of carboxylic acids is 1. The number of benzene rings is 1. The van der Waals surface area contributed by atoms with Crippen LogP contribution < -0.4 is 4.74 Å². The predicted molar refractivity (Wildman–Crippen MR) is 128 cm³/mol. The lowest BCUT2D eigenvalue weighted by atomic mass is 9.77. The highest BCUT2D eigenvalue weighted by Gasteiger charge is 2.66. The SMILES string of the molecule is CC1C(c2ccc(F)c(F)c2OCCO[Si](C(C)C)(C(C)C)C(C)C)[C@H](C(=O)O)OC1(C)C(F)(F)F. The highest BCUT2D eigenvalue weighted by molar-refractivity contribution is 6.77. The summed E-state index contributed by atoms with van der Waals surface area (Å²) in [6, 6.07) is 1.81. The number of hydrogen-bond acceptors (Lipinski definition) is 4. The summed E-state index contributed by atoms with van der Waals surface area (Å²) >= 11 is 0. The molecule has 0 spiro atoms. The van der Waals surface area contributed by atoms with Crippen LogP contribution in [0.4, 0.5) is 22.0 Å². The van der Waals surface area contributed by atoms with E-state index in [-0.39, 0.29) is 35.4 Å². The summed E-state index contributed by atoms with van der Waals surface area (Å²) in [5, 5.41) is 9.62. The maximum Gasteiger partial charge on any atom is 0.417 e. The number of ether oxygens (including phenoxy) is 2. The van der Waals surface area contributed by atoms with E-state index in [4.69, 9.17) is 13.9 Å². The van der Waals surface area contributed by atoms with E-state index in [1.54, 1.807) is 0 Å². The minimum atomic E-state index is -4.89. The lowest BCUT2D eigenvalue weighted by Gasteiger charge is -2.42. The minimum Gasteiger partial charge on any atom is -0.488 e. The Balaban J connectivity index is 2.41. The molecular weight excluding hydrogens is 503 g/mol. The van der Waals surface area contributed by atoms with Gasteiger partial charge in [0.25, 0.3) is 0 Å². The molecule has 1 saturated heterocycles. The fourth-order valence-electron chi connectivity index (χ4n) is 5.83. The topological polar surface area (TPSA) is 65.0 Å². The summed E-state index contributed by atoms with van der Waals surface area (Å²) in [6.45, 7) is 14.3. The van der Waals surface area contributed by atoms with Crippen molar-refractivity contribution in [3.05, 3.63) is 29.3 Å². The number of aliphatic carboxylic acids is 1. The number of hydrogen-bond donors (Lipinski definition) is 1. The van der Waals surface area contributed by atoms with Gasteiger partial charge in [-0.3, -0.25) is 0 Å². The van der Waals surface area contributed by atoms with Crippen LogP contribution in [-0.2, 0) is 14.0 Å². The van der Waals surface area contributed by atoms with Crippen LogP contribution in [-0.4, -0.2) is 50.5 Å². The summed E-state index contributed by atoms with van der Waals surface area (Å²) in [4.78, 5) is 11.9. The van der Waals surface area contributed by atoms with E-state index < -0.39 is 61.4 Å². The number of carbonyl (C=O) groups is 1. The zero-order valence-corrected chi connectivity index (χ0v) is 23.0. The van der Waals surface area contributed by atoms with Crippen molar-refractivity contribution in [3.8, 4) is 5.75 Å². The van der Waals surface area contributed by atoms with E-state index in [0.717, 1.165) is 19.1 Å². The number of halogens is 5. The summed E-state index contributed by atoms with van der Waals surface area (Å²) < 4.78 is 87.5. The Morgan fingerprint density at radius 3 is 2.06 bits per heavy atom. The quantitative estimate of drug-likeness (QED) is 0.196. The summed E-state index contributed by atoms with van der Waals surface area (Å²) in [5.41, 5.74) is -2.18. The van der Waals surface area contributed by atoms with Crippen molar-refractivity contribution >= 4 is 14.3 Å². The van der Waals surface area contributed by atoms with Crippen LogP contribution in [0.25, 0.3) is 0 Å². The van der Waals surface area contributed by atoms with Gasteiger partial charge in [-0.25, -0.2) is 9.18 Å². The minimum absolute atomic E-state index is 0.0650. The van der Waals surface area contributed by atoms with Gasteiger partial charge in [0.2, 0.25) is 5.82 Å². The van der Waals surface area contributed by atoms with E-state index in [1.165, 1.54) is 6.92 Å². The second-order valence-corrected chi connectivity index (χ2v) is 16.1. The molecule has 5 nitrogen and oxygen atoms in total. The first-order valence-electron chi connectivity index (χ1n) is 12.1. The van der Waals surface area contributed by atoms with Crippen LogP contribution in [0.1, 0.15) is 66.9 Å². The monoisotopic (exact) mass is 540 g/mol. The largest absolute Gasteiger partial charge is 0.488 e. The summed E-state index contributed by atoms with van der Waals surface area (Å²) in [5.74, 6) is -7.78. The van der Waals surface area contributed by atoms with Crippen molar-refractivity contribution in [2.75, 3.05) is 13.2 Å². The Morgan fingerprint density at radius 1 is 1.08 bits per heavy atom. The fourth-order valence-corrected chi connectivity index (χ4v) is 11.3. The van der Waals surface area contributed by atoms with Crippen LogP contribution in [0.5, 0.6) is 5.75 Å². The molecule has 0 bridgehead atoms. The second-order valence-electron chi connectivity index (χ2n) is 10.6. The first-order chi connectivity index (χ1) is 16.4. The molecule has 0 amide bonds. The Bertz CT molecular complexity index is 914. The molecule has 1 aromatic rings. The van der Waals surface area contributed by atoms with Gasteiger partial charge in [0.15, 0.2) is 31.6 Å². The van der Waals surface area contributed by atoms with Crippen LogP contribution in [0.15, 0.2) is 12.1 Å². The molecule has 1 aliphatic heterocycles. The maximum absolute atomic E-state index is 14.9. The van der Waals surface area contributed by atoms with Crippen molar-refractivity contribution in [2.24, 2.45) is 5.92 Å². The van der Waals surface area contributed by atoms with E-state index in [0.29, 0.717) is 0 Å². The molecule has 0 aromatic heterocycles. The van der Waals surface area contributed by atoms with E-state index in [1.807, 2.05) is 0 Å².